The lowest BCUT2D eigenvalue weighted by Gasteiger charge is -2.23. The van der Waals surface area contributed by atoms with Gasteiger partial charge in [0.2, 0.25) is 5.91 Å². The van der Waals surface area contributed by atoms with Crippen molar-refractivity contribution in [3.8, 4) is 0 Å². The van der Waals surface area contributed by atoms with Crippen molar-refractivity contribution in [1.82, 2.24) is 4.90 Å². The van der Waals surface area contributed by atoms with Crippen LogP contribution >= 0.6 is 0 Å². The van der Waals surface area contributed by atoms with Crippen molar-refractivity contribution in [1.29, 1.82) is 0 Å². The fourth-order valence-corrected chi connectivity index (χ4v) is 2.23. The fourth-order valence-electron chi connectivity index (χ4n) is 2.23. The number of carbonyl (C=O) groups excluding carboxylic acids is 3. The molecule has 1 fully saturated rings. The molecule has 0 spiro atoms. The number of amides is 2. The summed E-state index contributed by atoms with van der Waals surface area (Å²) in [6, 6.07) is 8.65. The lowest BCUT2D eigenvalue weighted by atomic mass is 9.96. The van der Waals surface area contributed by atoms with Crippen LogP contribution in [0, 0.1) is 5.92 Å². The Morgan fingerprint density at radius 1 is 1.19 bits per heavy atom. The number of rotatable bonds is 2. The van der Waals surface area contributed by atoms with Gasteiger partial charge in [0.1, 0.15) is 11.5 Å². The molecule has 1 aromatic rings. The summed E-state index contributed by atoms with van der Waals surface area (Å²) in [6.07, 6.45) is -0.345. The Hall–Kier alpha value is -2.17. The molecule has 0 N–H and O–H groups in total. The third-order valence-electron chi connectivity index (χ3n) is 3.19. The van der Waals surface area contributed by atoms with Crippen LogP contribution in [0.1, 0.15) is 37.6 Å². The quantitative estimate of drug-likeness (QED) is 0.620. The number of ether oxygens (including phenoxy) is 1. The summed E-state index contributed by atoms with van der Waals surface area (Å²) in [5.41, 5.74) is -0.180. The van der Waals surface area contributed by atoms with Crippen LogP contribution in [0.2, 0.25) is 0 Å². The van der Waals surface area contributed by atoms with Crippen molar-refractivity contribution >= 4 is 17.8 Å². The number of ketones is 1. The van der Waals surface area contributed by atoms with Gasteiger partial charge in [0, 0.05) is 12.1 Å². The van der Waals surface area contributed by atoms with Gasteiger partial charge in [-0.25, -0.2) is 9.69 Å². The first-order valence-electron chi connectivity index (χ1n) is 6.93. The minimum atomic E-state index is -0.792. The smallest absolute Gasteiger partial charge is 0.417 e. The van der Waals surface area contributed by atoms with Crippen molar-refractivity contribution in [2.45, 2.75) is 32.8 Å². The van der Waals surface area contributed by atoms with E-state index in [4.69, 9.17) is 4.74 Å². The molecule has 1 atom stereocenters. The number of Topliss-reactive ketones (excluding diaryl/α,β-unsaturated/α-hetero) is 1. The van der Waals surface area contributed by atoms with Crippen molar-refractivity contribution in [3.63, 3.8) is 0 Å². The largest absolute Gasteiger partial charge is 0.443 e. The summed E-state index contributed by atoms with van der Waals surface area (Å²) in [5, 5.41) is 0. The lowest BCUT2D eigenvalue weighted by Crippen LogP contribution is -2.39. The van der Waals surface area contributed by atoms with E-state index in [2.05, 4.69) is 0 Å². The summed E-state index contributed by atoms with van der Waals surface area (Å²) in [7, 11) is 0. The highest BCUT2D eigenvalue weighted by Gasteiger charge is 2.41. The number of benzene rings is 1. The van der Waals surface area contributed by atoms with Gasteiger partial charge in [0.15, 0.2) is 5.78 Å². The van der Waals surface area contributed by atoms with Crippen LogP contribution in [0.5, 0.6) is 0 Å². The molecular weight excluding hydrogens is 270 g/mol. The van der Waals surface area contributed by atoms with E-state index in [1.807, 2.05) is 0 Å². The molecule has 5 nitrogen and oxygen atoms in total. The molecule has 1 aliphatic rings. The zero-order valence-corrected chi connectivity index (χ0v) is 12.5. The highest BCUT2D eigenvalue weighted by Crippen LogP contribution is 2.24. The fraction of sp³-hybridized carbons (Fsp3) is 0.438. The summed E-state index contributed by atoms with van der Waals surface area (Å²) in [6.45, 7) is 5.42. The first-order valence-corrected chi connectivity index (χ1v) is 6.93. The summed E-state index contributed by atoms with van der Waals surface area (Å²) in [4.78, 5) is 37.5. The maximum absolute atomic E-state index is 12.3. The molecule has 0 saturated carbocycles. The molecule has 0 aliphatic carbocycles. The average Bonchev–Trinajstić information content (AvgIpc) is 2.79. The maximum atomic E-state index is 12.3. The van der Waals surface area contributed by atoms with Gasteiger partial charge in [0.05, 0.1) is 0 Å². The number of hydrogen-bond donors (Lipinski definition) is 0. The van der Waals surface area contributed by atoms with Crippen LogP contribution in [-0.4, -0.2) is 34.8 Å². The van der Waals surface area contributed by atoms with Gasteiger partial charge in [-0.3, -0.25) is 9.59 Å². The first-order chi connectivity index (χ1) is 9.79. The molecule has 2 rings (SSSR count). The molecule has 1 unspecified atom stereocenters. The van der Waals surface area contributed by atoms with Gasteiger partial charge in [-0.15, -0.1) is 0 Å². The third-order valence-corrected chi connectivity index (χ3v) is 3.19. The molecule has 21 heavy (non-hydrogen) atoms. The van der Waals surface area contributed by atoms with Crippen LogP contribution in [0.25, 0.3) is 0 Å². The molecule has 1 heterocycles. The minimum Gasteiger partial charge on any atom is -0.443 e. The monoisotopic (exact) mass is 289 g/mol. The Kier molecular flexibility index (Phi) is 4.11. The van der Waals surface area contributed by atoms with Crippen molar-refractivity contribution in [2.75, 3.05) is 6.54 Å². The van der Waals surface area contributed by atoms with Gasteiger partial charge in [-0.05, 0) is 27.2 Å². The molecule has 1 aliphatic heterocycles. The normalized spacial score (nSPS) is 18.7. The highest BCUT2D eigenvalue weighted by molar-refractivity contribution is 6.13. The van der Waals surface area contributed by atoms with E-state index in [-0.39, 0.29) is 12.3 Å². The Bertz CT molecular complexity index is 559. The Morgan fingerprint density at radius 2 is 1.81 bits per heavy atom. The molecular formula is C16H19NO4. The van der Waals surface area contributed by atoms with Gasteiger partial charge in [-0.1, -0.05) is 30.3 Å². The second-order valence-electron chi connectivity index (χ2n) is 6.04. The van der Waals surface area contributed by atoms with Gasteiger partial charge >= 0.3 is 6.09 Å². The predicted octanol–water partition coefficient (Wildman–Crippen LogP) is 2.65. The number of nitrogens with zero attached hydrogens (tertiary/aromatic N) is 1. The Morgan fingerprint density at radius 3 is 2.38 bits per heavy atom. The van der Waals surface area contributed by atoms with Crippen LogP contribution in [0.4, 0.5) is 4.79 Å². The Balaban J connectivity index is 2.08. The van der Waals surface area contributed by atoms with E-state index in [0.717, 1.165) is 4.90 Å². The van der Waals surface area contributed by atoms with Crippen LogP contribution in [0.3, 0.4) is 0 Å². The van der Waals surface area contributed by atoms with Gasteiger partial charge in [-0.2, -0.15) is 0 Å². The van der Waals surface area contributed by atoms with Crippen LogP contribution < -0.4 is 0 Å². The van der Waals surface area contributed by atoms with Crippen molar-refractivity contribution in [2.24, 2.45) is 5.92 Å². The zero-order valence-electron chi connectivity index (χ0n) is 12.5. The summed E-state index contributed by atoms with van der Waals surface area (Å²) >= 11 is 0. The SMILES string of the molecule is CC(C)(C)OC(=O)N1CCC(C(=O)c2ccccc2)C1=O. The first kappa shape index (κ1) is 15.2. The van der Waals surface area contributed by atoms with Crippen molar-refractivity contribution in [3.05, 3.63) is 35.9 Å². The molecule has 0 bridgehead atoms. The van der Waals surface area contributed by atoms with Crippen LogP contribution in [-0.2, 0) is 9.53 Å². The lowest BCUT2D eigenvalue weighted by molar-refractivity contribution is -0.129. The zero-order chi connectivity index (χ0) is 15.6. The molecule has 0 aromatic heterocycles. The van der Waals surface area contributed by atoms with E-state index in [0.29, 0.717) is 12.0 Å². The van der Waals surface area contributed by atoms with E-state index in [9.17, 15) is 14.4 Å². The molecule has 5 heteroatoms. The highest BCUT2D eigenvalue weighted by atomic mass is 16.6. The maximum Gasteiger partial charge on any atom is 0.417 e. The topological polar surface area (TPSA) is 63.7 Å². The van der Waals surface area contributed by atoms with Gasteiger partial charge < -0.3 is 4.74 Å². The van der Waals surface area contributed by atoms with Gasteiger partial charge in [0.25, 0.3) is 0 Å². The van der Waals surface area contributed by atoms with E-state index in [1.165, 1.54) is 0 Å². The number of imide groups is 1. The molecule has 2 amide bonds. The van der Waals surface area contributed by atoms with Crippen LogP contribution in [0.15, 0.2) is 30.3 Å². The van der Waals surface area contributed by atoms with E-state index < -0.39 is 23.5 Å². The average molecular weight is 289 g/mol. The number of carbonyl (C=O) groups is 3. The minimum absolute atomic E-state index is 0.219. The molecule has 1 saturated heterocycles. The number of likely N-dealkylation sites (tertiary alicyclic amines) is 1. The second kappa shape index (κ2) is 5.68. The molecule has 0 radical (unpaired) electrons. The van der Waals surface area contributed by atoms with E-state index >= 15 is 0 Å². The summed E-state index contributed by atoms with van der Waals surface area (Å²) in [5.74, 6) is -1.51. The number of hydrogen-bond acceptors (Lipinski definition) is 4. The standard InChI is InChI=1S/C16H19NO4/c1-16(2,3)21-15(20)17-10-9-12(14(17)19)13(18)11-7-5-4-6-8-11/h4-8,12H,9-10H2,1-3H3. The molecule has 112 valence electrons. The third kappa shape index (κ3) is 3.48. The predicted molar refractivity (Wildman–Crippen MR) is 76.8 cm³/mol. The molecule has 1 aromatic carbocycles. The Labute approximate surface area is 123 Å². The second-order valence-corrected chi connectivity index (χ2v) is 6.04. The van der Waals surface area contributed by atoms with Crippen molar-refractivity contribution < 1.29 is 19.1 Å². The van der Waals surface area contributed by atoms with E-state index in [1.54, 1.807) is 51.1 Å². The summed E-state index contributed by atoms with van der Waals surface area (Å²) < 4.78 is 5.18.